The molecule has 0 aromatic carbocycles. The molecule has 41 heavy (non-hydrogen) atoms. The Kier molecular flexibility index (Phi) is 9.87. The first-order valence-corrected chi connectivity index (χ1v) is 16.7. The number of hydrogen-bond acceptors (Lipinski definition) is 4. The van der Waals surface area contributed by atoms with E-state index in [0.717, 1.165) is 37.0 Å². The summed E-state index contributed by atoms with van der Waals surface area (Å²) in [4.78, 5) is 37.6. The maximum absolute atomic E-state index is 13.1. The smallest absolute Gasteiger partial charge is 0.326 e. The van der Waals surface area contributed by atoms with Crippen LogP contribution in [0.15, 0.2) is 0 Å². The highest BCUT2D eigenvalue weighted by molar-refractivity contribution is 5.90. The van der Waals surface area contributed by atoms with Crippen LogP contribution in [0.2, 0.25) is 0 Å². The Morgan fingerprint density at radius 1 is 0.805 bits per heavy atom. The molecule has 0 saturated heterocycles. The zero-order valence-electron chi connectivity index (χ0n) is 26.7. The lowest BCUT2D eigenvalue weighted by Crippen LogP contribution is -2.55. The molecule has 4 saturated carbocycles. The number of aliphatic carboxylic acids is 1. The quantitative estimate of drug-likeness (QED) is 0.264. The van der Waals surface area contributed by atoms with Crippen molar-refractivity contribution >= 4 is 17.8 Å². The Balaban J connectivity index is 1.34. The first-order chi connectivity index (χ1) is 19.2. The lowest BCUT2D eigenvalue weighted by molar-refractivity contribution is -0.143. The SMILES string of the molecule is CC(C)[C@H](NC(=O)[C@@H](NC(=O)CC[C@@H](C)[C@H]1CC[C@H]2[C@@H]3CC[C@@H]4C[C@H](O)CC[C@]4(C)[C@H]3CC[C@]12C)C(C)C)C(=O)O. The normalized spacial score (nSPS) is 38.8. The van der Waals surface area contributed by atoms with E-state index in [9.17, 15) is 24.6 Å². The largest absolute Gasteiger partial charge is 0.480 e. The Morgan fingerprint density at radius 2 is 1.44 bits per heavy atom. The maximum Gasteiger partial charge on any atom is 0.326 e. The molecule has 4 aliphatic carbocycles. The van der Waals surface area contributed by atoms with E-state index in [4.69, 9.17) is 0 Å². The monoisotopic (exact) mass is 574 g/mol. The van der Waals surface area contributed by atoms with Gasteiger partial charge in [0.2, 0.25) is 11.8 Å². The maximum atomic E-state index is 13.1. The van der Waals surface area contributed by atoms with Crippen LogP contribution in [0.25, 0.3) is 0 Å². The molecule has 0 unspecified atom stereocenters. The molecule has 7 heteroatoms. The highest BCUT2D eigenvalue weighted by Gasteiger charge is 2.60. The minimum atomic E-state index is -1.06. The fourth-order valence-corrected chi connectivity index (χ4v) is 10.3. The van der Waals surface area contributed by atoms with Crippen LogP contribution in [0, 0.1) is 58.2 Å². The highest BCUT2D eigenvalue weighted by atomic mass is 16.4. The number of amides is 2. The van der Waals surface area contributed by atoms with Crippen LogP contribution >= 0.6 is 0 Å². The van der Waals surface area contributed by atoms with Gasteiger partial charge < -0.3 is 20.8 Å². The number of carboxylic acids is 1. The third-order valence-electron chi connectivity index (χ3n) is 12.7. The molecule has 7 nitrogen and oxygen atoms in total. The van der Waals surface area contributed by atoms with E-state index in [1.807, 2.05) is 13.8 Å². The first kappa shape index (κ1) is 32.3. The van der Waals surface area contributed by atoms with Gasteiger partial charge in [-0.2, -0.15) is 0 Å². The van der Waals surface area contributed by atoms with Gasteiger partial charge in [0.1, 0.15) is 12.1 Å². The molecule has 0 aromatic rings. The topological polar surface area (TPSA) is 116 Å². The standard InChI is InChI=1S/C34H58N2O5/c1-19(2)29(31(39)36-30(20(3)4)32(40)41)35-28(38)13-8-21(5)25-11-12-26-24-10-9-22-18-23(37)14-16-33(22,6)27(24)15-17-34(25,26)7/h19-27,29-30,37H,8-18H2,1-7H3,(H,35,38)(H,36,39)(H,40,41)/t21-,22-,23-,24+,25-,26+,27+,29+,30+,33+,34-/m1/s1. The molecular weight excluding hydrogens is 516 g/mol. The van der Waals surface area contributed by atoms with Crippen molar-refractivity contribution in [1.82, 2.24) is 10.6 Å². The van der Waals surface area contributed by atoms with Crippen LogP contribution in [-0.4, -0.2) is 46.2 Å². The summed E-state index contributed by atoms with van der Waals surface area (Å²) in [5, 5.41) is 25.4. The summed E-state index contributed by atoms with van der Waals surface area (Å²) in [6, 6.07) is -1.73. The van der Waals surface area contributed by atoms with Crippen molar-refractivity contribution < 1.29 is 24.6 Å². The summed E-state index contributed by atoms with van der Waals surface area (Å²) in [7, 11) is 0. The Bertz CT molecular complexity index is 967. The van der Waals surface area contributed by atoms with Crippen molar-refractivity contribution in [2.45, 2.75) is 137 Å². The van der Waals surface area contributed by atoms with Crippen LogP contribution in [0.3, 0.4) is 0 Å². The van der Waals surface area contributed by atoms with Crippen molar-refractivity contribution in [3.63, 3.8) is 0 Å². The summed E-state index contributed by atoms with van der Waals surface area (Å²) >= 11 is 0. The van der Waals surface area contributed by atoms with Gasteiger partial charge >= 0.3 is 5.97 Å². The molecule has 234 valence electrons. The van der Waals surface area contributed by atoms with Gasteiger partial charge in [-0.3, -0.25) is 9.59 Å². The Hall–Kier alpha value is -1.63. The van der Waals surface area contributed by atoms with Crippen molar-refractivity contribution in [2.24, 2.45) is 58.2 Å². The second-order valence-electron chi connectivity index (χ2n) is 15.7. The molecule has 4 aliphatic rings. The van der Waals surface area contributed by atoms with Gasteiger partial charge in [0, 0.05) is 6.42 Å². The lowest BCUT2D eigenvalue weighted by atomic mass is 9.44. The fourth-order valence-electron chi connectivity index (χ4n) is 10.3. The molecule has 11 atom stereocenters. The van der Waals surface area contributed by atoms with Crippen molar-refractivity contribution in [1.29, 1.82) is 0 Å². The van der Waals surface area contributed by atoms with Gasteiger partial charge in [0.05, 0.1) is 6.10 Å². The molecule has 4 fully saturated rings. The minimum absolute atomic E-state index is 0.0979. The summed E-state index contributed by atoms with van der Waals surface area (Å²) in [5.41, 5.74) is 0.724. The summed E-state index contributed by atoms with van der Waals surface area (Å²) < 4.78 is 0. The molecule has 4 N–H and O–H groups in total. The number of fused-ring (bicyclic) bond motifs is 5. The van der Waals surface area contributed by atoms with E-state index < -0.39 is 24.0 Å². The van der Waals surface area contributed by atoms with Crippen molar-refractivity contribution in [3.05, 3.63) is 0 Å². The number of nitrogens with one attached hydrogen (secondary N) is 2. The average molecular weight is 575 g/mol. The fraction of sp³-hybridized carbons (Fsp3) is 0.912. The number of carboxylic acid groups (broad SMARTS) is 1. The second-order valence-corrected chi connectivity index (χ2v) is 15.7. The highest BCUT2D eigenvalue weighted by Crippen LogP contribution is 2.68. The zero-order chi connectivity index (χ0) is 30.3. The third kappa shape index (κ3) is 6.35. The van der Waals surface area contributed by atoms with E-state index in [1.54, 1.807) is 13.8 Å². The number of carbonyl (C=O) groups excluding carboxylic acids is 2. The molecule has 0 heterocycles. The predicted octanol–water partition coefficient (Wildman–Crippen LogP) is 5.79. The van der Waals surface area contributed by atoms with E-state index in [1.165, 1.54) is 44.9 Å². The number of carbonyl (C=O) groups is 3. The molecule has 0 aliphatic heterocycles. The average Bonchev–Trinajstić information content (AvgIpc) is 3.26. The van der Waals surface area contributed by atoms with Crippen molar-refractivity contribution in [2.75, 3.05) is 0 Å². The Labute approximate surface area is 248 Å². The summed E-state index contributed by atoms with van der Waals surface area (Å²) in [6.45, 7) is 14.7. The predicted molar refractivity (Wildman–Crippen MR) is 161 cm³/mol. The lowest BCUT2D eigenvalue weighted by Gasteiger charge is -2.61. The second kappa shape index (κ2) is 12.5. The van der Waals surface area contributed by atoms with Gasteiger partial charge in [-0.25, -0.2) is 4.79 Å². The van der Waals surface area contributed by atoms with Crippen LogP contribution in [-0.2, 0) is 14.4 Å². The van der Waals surface area contributed by atoms with E-state index >= 15 is 0 Å². The third-order valence-corrected chi connectivity index (χ3v) is 12.7. The van der Waals surface area contributed by atoms with E-state index in [-0.39, 0.29) is 23.8 Å². The van der Waals surface area contributed by atoms with Crippen molar-refractivity contribution in [3.8, 4) is 0 Å². The van der Waals surface area contributed by atoms with E-state index in [0.29, 0.717) is 35.0 Å². The number of hydrogen-bond donors (Lipinski definition) is 4. The van der Waals surface area contributed by atoms with Crippen LogP contribution in [0.4, 0.5) is 0 Å². The number of aliphatic hydroxyl groups is 1. The molecule has 0 spiro atoms. The van der Waals surface area contributed by atoms with Crippen LogP contribution in [0.1, 0.15) is 119 Å². The van der Waals surface area contributed by atoms with E-state index in [2.05, 4.69) is 31.4 Å². The molecule has 4 rings (SSSR count). The molecule has 2 amide bonds. The van der Waals surface area contributed by atoms with Gasteiger partial charge in [-0.05, 0) is 122 Å². The summed E-state index contributed by atoms with van der Waals surface area (Å²) in [5.74, 6) is 2.09. The molecular formula is C34H58N2O5. The minimum Gasteiger partial charge on any atom is -0.480 e. The van der Waals surface area contributed by atoms with Crippen LogP contribution in [0.5, 0.6) is 0 Å². The zero-order valence-corrected chi connectivity index (χ0v) is 26.7. The molecule has 0 bridgehead atoms. The Morgan fingerprint density at radius 3 is 2.07 bits per heavy atom. The summed E-state index contributed by atoms with van der Waals surface area (Å²) in [6.07, 6.45) is 12.0. The molecule has 0 aromatic heterocycles. The molecule has 0 radical (unpaired) electrons. The number of aliphatic hydroxyl groups excluding tert-OH is 1. The van der Waals surface area contributed by atoms with Gasteiger partial charge in [0.25, 0.3) is 0 Å². The number of rotatable bonds is 10. The van der Waals surface area contributed by atoms with Gasteiger partial charge in [-0.1, -0.05) is 48.5 Å². The van der Waals surface area contributed by atoms with Gasteiger partial charge in [0.15, 0.2) is 0 Å². The van der Waals surface area contributed by atoms with Crippen LogP contribution < -0.4 is 10.6 Å². The van der Waals surface area contributed by atoms with Gasteiger partial charge in [-0.15, -0.1) is 0 Å². The first-order valence-electron chi connectivity index (χ1n) is 16.7.